The van der Waals surface area contributed by atoms with Gasteiger partial charge in [0.05, 0.1) is 0 Å². The SMILES string of the molecule is CC(CC1CCCCC1)C(=O)NCC1CNC1. The van der Waals surface area contributed by atoms with Gasteiger partial charge in [-0.15, -0.1) is 0 Å². The lowest BCUT2D eigenvalue weighted by atomic mass is 9.83. The van der Waals surface area contributed by atoms with E-state index in [9.17, 15) is 4.79 Å². The highest BCUT2D eigenvalue weighted by molar-refractivity contribution is 5.78. The second-order valence-corrected chi connectivity index (χ2v) is 5.91. The van der Waals surface area contributed by atoms with Crippen molar-refractivity contribution in [2.24, 2.45) is 17.8 Å². The Hall–Kier alpha value is -0.570. The summed E-state index contributed by atoms with van der Waals surface area (Å²) in [6, 6.07) is 0. The second kappa shape index (κ2) is 6.39. The van der Waals surface area contributed by atoms with Crippen LogP contribution in [0.1, 0.15) is 45.4 Å². The fourth-order valence-electron chi connectivity index (χ4n) is 2.94. The molecule has 1 aliphatic carbocycles. The summed E-state index contributed by atoms with van der Waals surface area (Å²) in [6.07, 6.45) is 7.90. The Bertz CT molecular complexity index is 245. The van der Waals surface area contributed by atoms with Crippen LogP contribution in [-0.4, -0.2) is 25.5 Å². The standard InChI is InChI=1S/C14H26N2O/c1-11(7-12-5-3-2-4-6-12)14(17)16-10-13-8-15-9-13/h11-13,15H,2-10H2,1H3,(H,16,17). The number of amides is 1. The number of carbonyl (C=O) groups excluding carboxylic acids is 1. The summed E-state index contributed by atoms with van der Waals surface area (Å²) in [6.45, 7) is 5.08. The zero-order chi connectivity index (χ0) is 12.1. The molecule has 2 fully saturated rings. The Morgan fingerprint density at radius 3 is 2.53 bits per heavy atom. The quantitative estimate of drug-likeness (QED) is 0.768. The van der Waals surface area contributed by atoms with Crippen LogP contribution in [-0.2, 0) is 4.79 Å². The van der Waals surface area contributed by atoms with E-state index in [0.29, 0.717) is 5.92 Å². The molecule has 2 aliphatic rings. The summed E-state index contributed by atoms with van der Waals surface area (Å²) in [5.41, 5.74) is 0. The van der Waals surface area contributed by atoms with Gasteiger partial charge in [-0.05, 0) is 12.3 Å². The molecule has 1 unspecified atom stereocenters. The highest BCUT2D eigenvalue weighted by Crippen LogP contribution is 2.28. The van der Waals surface area contributed by atoms with Gasteiger partial charge in [0.15, 0.2) is 0 Å². The second-order valence-electron chi connectivity index (χ2n) is 5.91. The fraction of sp³-hybridized carbons (Fsp3) is 0.929. The summed E-state index contributed by atoms with van der Waals surface area (Å²) in [5.74, 6) is 1.93. The molecule has 0 bridgehead atoms. The molecule has 0 aromatic rings. The van der Waals surface area contributed by atoms with Crippen molar-refractivity contribution in [3.05, 3.63) is 0 Å². The zero-order valence-electron chi connectivity index (χ0n) is 11.0. The molecule has 3 heteroatoms. The first-order valence-corrected chi connectivity index (χ1v) is 7.24. The molecule has 3 nitrogen and oxygen atoms in total. The molecule has 1 aliphatic heterocycles. The van der Waals surface area contributed by atoms with Crippen LogP contribution < -0.4 is 10.6 Å². The predicted octanol–water partition coefficient (Wildman–Crippen LogP) is 1.93. The predicted molar refractivity (Wildman–Crippen MR) is 69.7 cm³/mol. The lowest BCUT2D eigenvalue weighted by Crippen LogP contribution is -2.48. The number of hydrogen-bond acceptors (Lipinski definition) is 2. The minimum Gasteiger partial charge on any atom is -0.355 e. The van der Waals surface area contributed by atoms with E-state index in [4.69, 9.17) is 0 Å². The van der Waals surface area contributed by atoms with Crippen molar-refractivity contribution in [3.63, 3.8) is 0 Å². The first kappa shape index (κ1) is 12.9. The summed E-state index contributed by atoms with van der Waals surface area (Å²) < 4.78 is 0. The van der Waals surface area contributed by atoms with Gasteiger partial charge in [-0.25, -0.2) is 0 Å². The Morgan fingerprint density at radius 1 is 1.24 bits per heavy atom. The Balaban J connectivity index is 1.62. The lowest BCUT2D eigenvalue weighted by molar-refractivity contribution is -0.125. The first-order chi connectivity index (χ1) is 8.25. The molecular formula is C14H26N2O. The highest BCUT2D eigenvalue weighted by Gasteiger charge is 2.22. The summed E-state index contributed by atoms with van der Waals surface area (Å²) >= 11 is 0. The third-order valence-corrected chi connectivity index (χ3v) is 4.29. The van der Waals surface area contributed by atoms with Crippen LogP contribution in [0.25, 0.3) is 0 Å². The molecule has 0 spiro atoms. The van der Waals surface area contributed by atoms with Crippen molar-refractivity contribution < 1.29 is 4.79 Å². The van der Waals surface area contributed by atoms with Crippen molar-refractivity contribution in [1.82, 2.24) is 10.6 Å². The van der Waals surface area contributed by atoms with Gasteiger partial charge in [-0.1, -0.05) is 39.0 Å². The van der Waals surface area contributed by atoms with Crippen molar-refractivity contribution in [2.75, 3.05) is 19.6 Å². The number of rotatable bonds is 5. The van der Waals surface area contributed by atoms with Crippen molar-refractivity contribution >= 4 is 5.91 Å². The molecule has 2 rings (SSSR count). The summed E-state index contributed by atoms with van der Waals surface area (Å²) in [4.78, 5) is 11.9. The molecule has 2 N–H and O–H groups in total. The van der Waals surface area contributed by atoms with Crippen LogP contribution in [0.3, 0.4) is 0 Å². The molecule has 0 radical (unpaired) electrons. The van der Waals surface area contributed by atoms with Gasteiger partial charge in [0.2, 0.25) is 5.91 Å². The maximum absolute atomic E-state index is 11.9. The minimum absolute atomic E-state index is 0.200. The Morgan fingerprint density at radius 2 is 1.94 bits per heavy atom. The van der Waals surface area contributed by atoms with Gasteiger partial charge < -0.3 is 10.6 Å². The normalized spacial score (nSPS) is 24.1. The average Bonchev–Trinajstić information content (AvgIpc) is 2.28. The maximum atomic E-state index is 11.9. The monoisotopic (exact) mass is 238 g/mol. The van der Waals surface area contributed by atoms with E-state index in [-0.39, 0.29) is 11.8 Å². The van der Waals surface area contributed by atoms with E-state index in [1.165, 1.54) is 32.1 Å². The van der Waals surface area contributed by atoms with Gasteiger partial charge in [-0.3, -0.25) is 4.79 Å². The largest absolute Gasteiger partial charge is 0.355 e. The van der Waals surface area contributed by atoms with Crippen molar-refractivity contribution in [2.45, 2.75) is 45.4 Å². The van der Waals surface area contributed by atoms with Crippen LogP contribution in [0.15, 0.2) is 0 Å². The summed E-state index contributed by atoms with van der Waals surface area (Å²) in [7, 11) is 0. The number of carbonyl (C=O) groups is 1. The van der Waals surface area contributed by atoms with E-state index in [2.05, 4.69) is 17.6 Å². The fourth-order valence-corrected chi connectivity index (χ4v) is 2.94. The molecule has 1 saturated carbocycles. The number of nitrogens with one attached hydrogen (secondary N) is 2. The molecule has 0 aromatic carbocycles. The smallest absolute Gasteiger partial charge is 0.222 e. The molecule has 17 heavy (non-hydrogen) atoms. The van der Waals surface area contributed by atoms with Gasteiger partial charge in [0.25, 0.3) is 0 Å². The van der Waals surface area contributed by atoms with Crippen LogP contribution in [0, 0.1) is 17.8 Å². The van der Waals surface area contributed by atoms with Gasteiger partial charge in [0.1, 0.15) is 0 Å². The topological polar surface area (TPSA) is 41.1 Å². The molecule has 98 valence electrons. The molecule has 1 amide bonds. The van der Waals surface area contributed by atoms with Crippen molar-refractivity contribution in [3.8, 4) is 0 Å². The van der Waals surface area contributed by atoms with Crippen molar-refractivity contribution in [1.29, 1.82) is 0 Å². The molecule has 1 heterocycles. The van der Waals surface area contributed by atoms with E-state index in [1.807, 2.05) is 0 Å². The van der Waals surface area contributed by atoms with E-state index >= 15 is 0 Å². The Labute approximate surface area is 105 Å². The van der Waals surface area contributed by atoms with Crippen LogP contribution in [0.2, 0.25) is 0 Å². The maximum Gasteiger partial charge on any atom is 0.222 e. The van der Waals surface area contributed by atoms with Crippen LogP contribution in [0.4, 0.5) is 0 Å². The van der Waals surface area contributed by atoms with E-state index in [0.717, 1.165) is 32.0 Å². The molecular weight excluding hydrogens is 212 g/mol. The van der Waals surface area contributed by atoms with Crippen LogP contribution >= 0.6 is 0 Å². The minimum atomic E-state index is 0.200. The average molecular weight is 238 g/mol. The third-order valence-electron chi connectivity index (χ3n) is 4.29. The van der Waals surface area contributed by atoms with Gasteiger partial charge >= 0.3 is 0 Å². The lowest BCUT2D eigenvalue weighted by Gasteiger charge is -2.28. The molecule has 1 atom stereocenters. The first-order valence-electron chi connectivity index (χ1n) is 7.24. The summed E-state index contributed by atoms with van der Waals surface area (Å²) in [5, 5.41) is 6.32. The zero-order valence-corrected chi connectivity index (χ0v) is 11.0. The van der Waals surface area contributed by atoms with E-state index < -0.39 is 0 Å². The third kappa shape index (κ3) is 3.98. The molecule has 1 saturated heterocycles. The van der Waals surface area contributed by atoms with Crippen LogP contribution in [0.5, 0.6) is 0 Å². The molecule has 0 aromatic heterocycles. The number of hydrogen-bond donors (Lipinski definition) is 2. The highest BCUT2D eigenvalue weighted by atomic mass is 16.1. The Kier molecular flexibility index (Phi) is 4.84. The van der Waals surface area contributed by atoms with E-state index in [1.54, 1.807) is 0 Å². The van der Waals surface area contributed by atoms with Gasteiger partial charge in [-0.2, -0.15) is 0 Å². The van der Waals surface area contributed by atoms with Gasteiger partial charge in [0, 0.05) is 31.5 Å².